The van der Waals surface area contributed by atoms with Gasteiger partial charge in [0.05, 0.1) is 17.5 Å². The molecule has 1 aromatic carbocycles. The first kappa shape index (κ1) is 21.4. The van der Waals surface area contributed by atoms with Crippen molar-refractivity contribution in [2.45, 2.75) is 39.4 Å². The molecule has 0 atom stereocenters. The molecule has 150 valence electrons. The van der Waals surface area contributed by atoms with Gasteiger partial charge in [-0.3, -0.25) is 5.10 Å². The molecule has 0 saturated heterocycles. The largest absolute Gasteiger partial charge is 0.416 e. The maximum Gasteiger partial charge on any atom is 0.416 e. The van der Waals surface area contributed by atoms with Crippen LogP contribution >= 0.6 is 0 Å². The van der Waals surface area contributed by atoms with Crippen LogP contribution in [0, 0.1) is 5.92 Å². The summed E-state index contributed by atoms with van der Waals surface area (Å²) in [5.41, 5.74) is 2.18. The van der Waals surface area contributed by atoms with Crippen molar-refractivity contribution in [1.29, 1.82) is 0 Å². The lowest BCUT2D eigenvalue weighted by molar-refractivity contribution is -0.137. The second-order valence-electron chi connectivity index (χ2n) is 7.46. The van der Waals surface area contributed by atoms with Gasteiger partial charge in [-0.25, -0.2) is 0 Å². The van der Waals surface area contributed by atoms with Crippen LogP contribution < -0.4 is 5.32 Å². The Morgan fingerprint density at radius 3 is 2.59 bits per heavy atom. The molecule has 4 nitrogen and oxygen atoms in total. The molecule has 2 rings (SSSR count). The maximum absolute atomic E-state index is 13.4. The predicted octanol–water partition coefficient (Wildman–Crippen LogP) is 4.34. The number of aryl methyl sites for hydroxylation is 1. The molecule has 2 N–H and O–H groups in total. The maximum atomic E-state index is 13.4. The molecule has 0 aliphatic rings. The Hall–Kier alpha value is -1.86. The zero-order valence-electron chi connectivity index (χ0n) is 16.5. The van der Waals surface area contributed by atoms with E-state index < -0.39 is 11.7 Å². The van der Waals surface area contributed by atoms with Gasteiger partial charge >= 0.3 is 6.18 Å². The number of nitrogens with zero attached hydrogens (tertiary/aromatic N) is 2. The quantitative estimate of drug-likeness (QED) is 0.678. The fourth-order valence-electron chi connectivity index (χ4n) is 2.95. The van der Waals surface area contributed by atoms with Crippen LogP contribution in [-0.4, -0.2) is 42.3 Å². The third kappa shape index (κ3) is 6.36. The predicted molar refractivity (Wildman–Crippen MR) is 102 cm³/mol. The molecule has 0 unspecified atom stereocenters. The summed E-state index contributed by atoms with van der Waals surface area (Å²) in [6, 6.07) is 4.33. The number of benzene rings is 1. The minimum absolute atomic E-state index is 0.437. The van der Waals surface area contributed by atoms with Gasteiger partial charge in [-0.2, -0.15) is 18.3 Å². The molecule has 0 fully saturated rings. The average Bonchev–Trinajstić information content (AvgIpc) is 3.05. The monoisotopic (exact) mass is 382 g/mol. The molecule has 0 saturated carbocycles. The molecule has 0 radical (unpaired) electrons. The number of hydrogen-bond acceptors (Lipinski definition) is 3. The fourth-order valence-corrected chi connectivity index (χ4v) is 2.95. The van der Waals surface area contributed by atoms with E-state index in [0.717, 1.165) is 25.1 Å². The summed E-state index contributed by atoms with van der Waals surface area (Å²) < 4.78 is 40.2. The number of H-pyrrole nitrogens is 1. The summed E-state index contributed by atoms with van der Waals surface area (Å²) in [4.78, 5) is 2.11. The molecule has 1 aromatic heterocycles. The first-order valence-electron chi connectivity index (χ1n) is 9.27. The number of halogens is 3. The normalized spacial score (nSPS) is 12.3. The van der Waals surface area contributed by atoms with Crippen molar-refractivity contribution in [3.05, 3.63) is 41.1 Å². The zero-order chi connectivity index (χ0) is 20.0. The summed E-state index contributed by atoms with van der Waals surface area (Å²) in [7, 11) is 3.87. The smallest absolute Gasteiger partial charge is 0.318 e. The van der Waals surface area contributed by atoms with E-state index in [-0.39, 0.29) is 0 Å². The van der Waals surface area contributed by atoms with Crippen LogP contribution in [0.15, 0.2) is 24.4 Å². The third-order valence-electron chi connectivity index (χ3n) is 4.52. The van der Waals surface area contributed by atoms with Crippen molar-refractivity contribution in [2.75, 3.05) is 27.2 Å². The van der Waals surface area contributed by atoms with Crippen LogP contribution in [-0.2, 0) is 19.1 Å². The topological polar surface area (TPSA) is 44.0 Å². The summed E-state index contributed by atoms with van der Waals surface area (Å²) >= 11 is 0. The molecule has 27 heavy (non-hydrogen) atoms. The first-order valence-corrected chi connectivity index (χ1v) is 9.27. The third-order valence-corrected chi connectivity index (χ3v) is 4.52. The molecule has 7 heteroatoms. The van der Waals surface area contributed by atoms with Crippen LogP contribution in [0.5, 0.6) is 0 Å². The highest BCUT2D eigenvalue weighted by atomic mass is 19.4. The zero-order valence-corrected chi connectivity index (χ0v) is 16.5. The molecule has 0 aliphatic carbocycles. The number of aromatic nitrogens is 2. The van der Waals surface area contributed by atoms with E-state index in [1.165, 1.54) is 12.1 Å². The first-order chi connectivity index (χ1) is 12.7. The van der Waals surface area contributed by atoms with Gasteiger partial charge in [0.2, 0.25) is 0 Å². The molecular weight excluding hydrogens is 353 g/mol. The highest BCUT2D eigenvalue weighted by Gasteiger charge is 2.31. The van der Waals surface area contributed by atoms with Gasteiger partial charge in [0.1, 0.15) is 0 Å². The molecule has 0 spiro atoms. The summed E-state index contributed by atoms with van der Waals surface area (Å²) in [5, 5.41) is 10.1. The van der Waals surface area contributed by atoms with Gasteiger partial charge in [0.15, 0.2) is 0 Å². The fraction of sp³-hybridized carbons (Fsp3) is 0.550. The van der Waals surface area contributed by atoms with Crippen LogP contribution in [0.4, 0.5) is 13.2 Å². The van der Waals surface area contributed by atoms with Crippen molar-refractivity contribution in [3.8, 4) is 11.3 Å². The van der Waals surface area contributed by atoms with Crippen LogP contribution in [0.25, 0.3) is 11.3 Å². The van der Waals surface area contributed by atoms with Crippen LogP contribution in [0.3, 0.4) is 0 Å². The van der Waals surface area contributed by atoms with Crippen molar-refractivity contribution >= 4 is 0 Å². The lowest BCUT2D eigenvalue weighted by atomic mass is 9.96. The SMILES string of the molecule is CNCCN(C)Cc1cn[nH]c1-c1cc(CCC(C)C)cc(C(F)(F)F)c1. The lowest BCUT2D eigenvalue weighted by Crippen LogP contribution is -2.27. The van der Waals surface area contributed by atoms with E-state index in [2.05, 4.69) is 34.3 Å². The van der Waals surface area contributed by atoms with E-state index >= 15 is 0 Å². The van der Waals surface area contributed by atoms with E-state index in [4.69, 9.17) is 0 Å². The van der Waals surface area contributed by atoms with E-state index in [1.54, 1.807) is 6.20 Å². The highest BCUT2D eigenvalue weighted by molar-refractivity contribution is 5.65. The number of hydrogen-bond donors (Lipinski definition) is 2. The van der Waals surface area contributed by atoms with Gasteiger partial charge in [-0.15, -0.1) is 0 Å². The Morgan fingerprint density at radius 1 is 1.22 bits per heavy atom. The summed E-state index contributed by atoms with van der Waals surface area (Å²) in [6.07, 6.45) is -1.20. The minimum atomic E-state index is -4.37. The lowest BCUT2D eigenvalue weighted by Gasteiger charge is -2.17. The molecule has 1 heterocycles. The number of alkyl halides is 3. The van der Waals surface area contributed by atoms with E-state index in [9.17, 15) is 13.2 Å². The van der Waals surface area contributed by atoms with Crippen molar-refractivity contribution in [3.63, 3.8) is 0 Å². The molecule has 0 bridgehead atoms. The molecular formula is C20H29F3N4. The number of nitrogens with one attached hydrogen (secondary N) is 2. The Kier molecular flexibility index (Phi) is 7.44. The summed E-state index contributed by atoms with van der Waals surface area (Å²) in [5.74, 6) is 0.437. The molecule has 2 aromatic rings. The summed E-state index contributed by atoms with van der Waals surface area (Å²) in [6.45, 7) is 6.44. The number of likely N-dealkylation sites (N-methyl/N-ethyl adjacent to an activating group) is 2. The van der Waals surface area contributed by atoms with Crippen molar-refractivity contribution in [1.82, 2.24) is 20.4 Å². The van der Waals surface area contributed by atoms with Gasteiger partial charge in [0.25, 0.3) is 0 Å². The van der Waals surface area contributed by atoms with E-state index in [1.807, 2.05) is 20.2 Å². The Bertz CT molecular complexity index is 722. The van der Waals surface area contributed by atoms with Crippen LogP contribution in [0.1, 0.15) is 37.0 Å². The standard InChI is InChI=1S/C20H29F3N4/c1-14(2)5-6-15-9-16(11-18(10-15)20(21,22)23)19-17(12-25-26-19)13-27(4)8-7-24-3/h9-12,14,24H,5-8,13H2,1-4H3,(H,25,26). The van der Waals surface area contributed by atoms with E-state index in [0.29, 0.717) is 35.7 Å². The minimum Gasteiger partial charge on any atom is -0.318 e. The van der Waals surface area contributed by atoms with Gasteiger partial charge in [0, 0.05) is 30.8 Å². The van der Waals surface area contributed by atoms with Gasteiger partial charge in [-0.1, -0.05) is 13.8 Å². The Morgan fingerprint density at radius 2 is 1.96 bits per heavy atom. The van der Waals surface area contributed by atoms with Crippen molar-refractivity contribution < 1.29 is 13.2 Å². The Balaban J connectivity index is 2.34. The number of aromatic amines is 1. The molecule has 0 aliphatic heterocycles. The van der Waals surface area contributed by atoms with Gasteiger partial charge in [-0.05, 0) is 56.6 Å². The van der Waals surface area contributed by atoms with Gasteiger partial charge < -0.3 is 10.2 Å². The van der Waals surface area contributed by atoms with Crippen molar-refractivity contribution in [2.24, 2.45) is 5.92 Å². The molecule has 0 amide bonds. The van der Waals surface area contributed by atoms with Crippen LogP contribution in [0.2, 0.25) is 0 Å². The average molecular weight is 382 g/mol. The second kappa shape index (κ2) is 9.37. The Labute approximate surface area is 159 Å². The second-order valence-corrected chi connectivity index (χ2v) is 7.46. The highest BCUT2D eigenvalue weighted by Crippen LogP contribution is 2.34. The number of rotatable bonds is 9.